The van der Waals surface area contributed by atoms with Crippen LogP contribution in [0.25, 0.3) is 0 Å². The molecule has 0 aromatic heterocycles. The highest BCUT2D eigenvalue weighted by Crippen LogP contribution is 2.25. The Morgan fingerprint density at radius 2 is 1.53 bits per heavy atom. The maximum atomic E-state index is 6.00. The average molecular weight is 275 g/mol. The molecule has 0 aliphatic heterocycles. The molecule has 0 bridgehead atoms. The van der Waals surface area contributed by atoms with Crippen molar-refractivity contribution >= 4 is 11.6 Å². The molecule has 2 aromatic carbocycles. The van der Waals surface area contributed by atoms with Crippen LogP contribution < -0.4 is 4.74 Å². The molecule has 100 valence electrons. The lowest BCUT2D eigenvalue weighted by molar-refractivity contribution is 0.302. The first kappa shape index (κ1) is 14.0. The lowest BCUT2D eigenvalue weighted by atomic mass is 10.0. The van der Waals surface area contributed by atoms with Crippen LogP contribution in [0.5, 0.6) is 5.75 Å². The molecule has 0 aliphatic rings. The van der Waals surface area contributed by atoms with Crippen LogP contribution >= 0.6 is 11.6 Å². The molecule has 2 heteroatoms. The Balaban J connectivity index is 2.21. The summed E-state index contributed by atoms with van der Waals surface area (Å²) in [7, 11) is 0. The second-order valence-corrected chi connectivity index (χ2v) is 5.51. The van der Waals surface area contributed by atoms with Gasteiger partial charge in [-0.25, -0.2) is 0 Å². The van der Waals surface area contributed by atoms with E-state index < -0.39 is 0 Å². The van der Waals surface area contributed by atoms with Crippen molar-refractivity contribution in [3.63, 3.8) is 0 Å². The van der Waals surface area contributed by atoms with Crippen LogP contribution in [-0.2, 0) is 6.61 Å². The Morgan fingerprint density at radius 1 is 0.895 bits per heavy atom. The zero-order valence-electron chi connectivity index (χ0n) is 11.9. The van der Waals surface area contributed by atoms with Crippen molar-refractivity contribution < 1.29 is 4.74 Å². The predicted molar refractivity (Wildman–Crippen MR) is 81.2 cm³/mol. The zero-order valence-corrected chi connectivity index (χ0v) is 12.6. The molecule has 2 aromatic rings. The minimum Gasteiger partial charge on any atom is -0.489 e. The van der Waals surface area contributed by atoms with Crippen molar-refractivity contribution in [2.45, 2.75) is 34.3 Å². The smallest absolute Gasteiger partial charge is 0.124 e. The maximum absolute atomic E-state index is 6.00. The SMILES string of the molecule is Cc1cc(C)c(COc2cc(Cl)ccc2C)c(C)c1. The van der Waals surface area contributed by atoms with Gasteiger partial charge in [-0.3, -0.25) is 0 Å². The number of hydrogen-bond acceptors (Lipinski definition) is 1. The van der Waals surface area contributed by atoms with Gasteiger partial charge < -0.3 is 4.74 Å². The first-order valence-corrected chi connectivity index (χ1v) is 6.81. The van der Waals surface area contributed by atoms with Crippen LogP contribution in [0.4, 0.5) is 0 Å². The average Bonchev–Trinajstić information content (AvgIpc) is 2.32. The largest absolute Gasteiger partial charge is 0.489 e. The van der Waals surface area contributed by atoms with E-state index in [0.717, 1.165) is 11.3 Å². The van der Waals surface area contributed by atoms with Crippen molar-refractivity contribution in [2.24, 2.45) is 0 Å². The lowest BCUT2D eigenvalue weighted by Gasteiger charge is -2.14. The Labute approximate surface area is 120 Å². The number of hydrogen-bond donors (Lipinski definition) is 0. The van der Waals surface area contributed by atoms with Crippen LogP contribution in [0.15, 0.2) is 30.3 Å². The van der Waals surface area contributed by atoms with Gasteiger partial charge in [-0.15, -0.1) is 0 Å². The van der Waals surface area contributed by atoms with Crippen LogP contribution in [-0.4, -0.2) is 0 Å². The van der Waals surface area contributed by atoms with E-state index in [1.54, 1.807) is 0 Å². The van der Waals surface area contributed by atoms with E-state index in [2.05, 4.69) is 32.9 Å². The third-order valence-corrected chi connectivity index (χ3v) is 3.60. The van der Waals surface area contributed by atoms with Gasteiger partial charge in [0.05, 0.1) is 0 Å². The Hall–Kier alpha value is -1.47. The third kappa shape index (κ3) is 3.30. The summed E-state index contributed by atoms with van der Waals surface area (Å²) < 4.78 is 5.92. The monoisotopic (exact) mass is 274 g/mol. The summed E-state index contributed by atoms with van der Waals surface area (Å²) in [5.74, 6) is 0.854. The first-order chi connectivity index (χ1) is 8.97. The molecule has 0 spiro atoms. The van der Waals surface area contributed by atoms with Crippen molar-refractivity contribution in [1.82, 2.24) is 0 Å². The molecule has 0 aliphatic carbocycles. The van der Waals surface area contributed by atoms with Crippen LogP contribution in [0, 0.1) is 27.7 Å². The van der Waals surface area contributed by atoms with Gasteiger partial charge in [0.25, 0.3) is 0 Å². The fraction of sp³-hybridized carbons (Fsp3) is 0.294. The molecular weight excluding hydrogens is 256 g/mol. The molecule has 0 atom stereocenters. The predicted octanol–water partition coefficient (Wildman–Crippen LogP) is 5.15. The highest BCUT2D eigenvalue weighted by Gasteiger charge is 2.06. The Morgan fingerprint density at radius 3 is 2.16 bits per heavy atom. The van der Waals surface area contributed by atoms with Crippen molar-refractivity contribution in [3.05, 3.63) is 63.2 Å². The topological polar surface area (TPSA) is 9.23 Å². The van der Waals surface area contributed by atoms with Crippen LogP contribution in [0.1, 0.15) is 27.8 Å². The molecule has 0 amide bonds. The van der Waals surface area contributed by atoms with Crippen molar-refractivity contribution in [1.29, 1.82) is 0 Å². The standard InChI is InChI=1S/C17H19ClO/c1-11-7-13(3)16(14(4)8-11)10-19-17-9-15(18)6-5-12(17)2/h5-9H,10H2,1-4H3. The molecule has 2 rings (SSSR count). The molecule has 0 radical (unpaired) electrons. The summed E-state index contributed by atoms with van der Waals surface area (Å²) >= 11 is 6.00. The molecule has 0 saturated carbocycles. The second-order valence-electron chi connectivity index (χ2n) is 5.08. The summed E-state index contributed by atoms with van der Waals surface area (Å²) in [6.45, 7) is 8.98. The first-order valence-electron chi connectivity index (χ1n) is 6.43. The Bertz CT molecular complexity index is 579. The summed E-state index contributed by atoms with van der Waals surface area (Å²) in [4.78, 5) is 0. The van der Waals surface area contributed by atoms with Gasteiger partial charge in [0.1, 0.15) is 12.4 Å². The molecule has 0 unspecified atom stereocenters. The van der Waals surface area contributed by atoms with Gasteiger partial charge in [0, 0.05) is 5.02 Å². The van der Waals surface area contributed by atoms with E-state index in [4.69, 9.17) is 16.3 Å². The van der Waals surface area contributed by atoms with Gasteiger partial charge in [-0.2, -0.15) is 0 Å². The fourth-order valence-corrected chi connectivity index (χ4v) is 2.48. The molecule has 0 heterocycles. The summed E-state index contributed by atoms with van der Waals surface area (Å²) in [5.41, 5.74) is 6.20. The van der Waals surface area contributed by atoms with Gasteiger partial charge in [-0.05, 0) is 62.1 Å². The number of aryl methyl sites for hydroxylation is 4. The number of ether oxygens (including phenoxy) is 1. The van der Waals surface area contributed by atoms with Crippen LogP contribution in [0.3, 0.4) is 0 Å². The number of rotatable bonds is 3. The highest BCUT2D eigenvalue weighted by molar-refractivity contribution is 6.30. The quantitative estimate of drug-likeness (QED) is 0.752. The second kappa shape index (κ2) is 5.66. The number of benzene rings is 2. The molecule has 0 fully saturated rings. The highest BCUT2D eigenvalue weighted by atomic mass is 35.5. The number of halogens is 1. The van der Waals surface area contributed by atoms with E-state index in [-0.39, 0.29) is 0 Å². The third-order valence-electron chi connectivity index (χ3n) is 3.36. The van der Waals surface area contributed by atoms with E-state index in [1.165, 1.54) is 22.3 Å². The maximum Gasteiger partial charge on any atom is 0.124 e. The molecule has 0 saturated heterocycles. The normalized spacial score (nSPS) is 10.6. The van der Waals surface area contributed by atoms with Gasteiger partial charge in [0.2, 0.25) is 0 Å². The fourth-order valence-electron chi connectivity index (χ4n) is 2.32. The Kier molecular flexibility index (Phi) is 4.16. The van der Waals surface area contributed by atoms with Gasteiger partial charge in [0.15, 0.2) is 0 Å². The van der Waals surface area contributed by atoms with E-state index in [1.807, 2.05) is 25.1 Å². The summed E-state index contributed by atoms with van der Waals surface area (Å²) in [6.07, 6.45) is 0. The van der Waals surface area contributed by atoms with Crippen molar-refractivity contribution in [2.75, 3.05) is 0 Å². The lowest BCUT2D eigenvalue weighted by Crippen LogP contribution is -2.02. The zero-order chi connectivity index (χ0) is 14.0. The van der Waals surface area contributed by atoms with E-state index in [0.29, 0.717) is 11.6 Å². The minimum atomic E-state index is 0.582. The van der Waals surface area contributed by atoms with Crippen LogP contribution in [0.2, 0.25) is 5.02 Å². The van der Waals surface area contributed by atoms with Crippen molar-refractivity contribution in [3.8, 4) is 5.75 Å². The molecule has 19 heavy (non-hydrogen) atoms. The van der Waals surface area contributed by atoms with E-state index in [9.17, 15) is 0 Å². The van der Waals surface area contributed by atoms with Gasteiger partial charge in [-0.1, -0.05) is 35.4 Å². The molecule has 0 N–H and O–H groups in total. The molecular formula is C17H19ClO. The minimum absolute atomic E-state index is 0.582. The molecule has 1 nitrogen and oxygen atoms in total. The summed E-state index contributed by atoms with van der Waals surface area (Å²) in [5, 5.41) is 0.706. The summed E-state index contributed by atoms with van der Waals surface area (Å²) in [6, 6.07) is 10.1. The van der Waals surface area contributed by atoms with Gasteiger partial charge >= 0.3 is 0 Å². The van der Waals surface area contributed by atoms with E-state index >= 15 is 0 Å².